The number of hydrogen-bond acceptors (Lipinski definition) is 1. The highest BCUT2D eigenvalue weighted by Crippen LogP contribution is 2.26. The topological polar surface area (TPSA) is 26.0 Å². The maximum absolute atomic E-state index is 12.2. The van der Waals surface area contributed by atoms with Crippen molar-refractivity contribution in [1.29, 1.82) is 0 Å². The van der Waals surface area contributed by atoms with E-state index < -0.39 is 11.7 Å². The summed E-state index contributed by atoms with van der Waals surface area (Å²) in [5.74, 6) is 0. The van der Waals surface area contributed by atoms with Crippen LogP contribution in [-0.2, 0) is 0 Å². The van der Waals surface area contributed by atoms with Crippen LogP contribution in [0.5, 0.6) is 0 Å². The lowest BCUT2D eigenvalue weighted by Crippen LogP contribution is -2.09. The molecule has 0 saturated heterocycles. The second-order valence-electron chi connectivity index (χ2n) is 3.27. The maximum Gasteiger partial charge on any atom is 0.412 e. The molecule has 2 N–H and O–H groups in total. The van der Waals surface area contributed by atoms with Gasteiger partial charge in [0.15, 0.2) is 0 Å². The van der Waals surface area contributed by atoms with Gasteiger partial charge in [0.05, 0.1) is 0 Å². The van der Waals surface area contributed by atoms with E-state index >= 15 is 0 Å². The third kappa shape index (κ3) is 5.30. The van der Waals surface area contributed by atoms with Gasteiger partial charge >= 0.3 is 6.18 Å². The molecule has 0 spiro atoms. The quantitative estimate of drug-likeness (QED) is 0.720. The Kier molecular flexibility index (Phi) is 5.19. The van der Waals surface area contributed by atoms with Crippen LogP contribution in [0.4, 0.5) is 13.2 Å². The predicted octanol–water partition coefficient (Wildman–Crippen LogP) is 3.69. The zero-order chi connectivity index (χ0) is 12.1. The Hall–Kier alpha value is -1.19. The molecule has 4 heteroatoms. The van der Waals surface area contributed by atoms with E-state index in [-0.39, 0.29) is 0 Å². The number of hydrogen-bond donors (Lipinski definition) is 1. The molecule has 0 saturated carbocycles. The van der Waals surface area contributed by atoms with E-state index in [0.29, 0.717) is 11.3 Å². The molecule has 15 heavy (non-hydrogen) atoms. The average molecular weight is 219 g/mol. The first-order valence-electron chi connectivity index (χ1n) is 4.67. The summed E-state index contributed by atoms with van der Waals surface area (Å²) in [7, 11) is 0. The van der Waals surface area contributed by atoms with Gasteiger partial charge in [-0.05, 0) is 38.0 Å². The molecule has 0 atom stereocenters. The van der Waals surface area contributed by atoms with Crippen LogP contribution in [0.1, 0.15) is 27.2 Å². The summed E-state index contributed by atoms with van der Waals surface area (Å²) in [6, 6.07) is 0. The highest BCUT2D eigenvalue weighted by atomic mass is 19.4. The molecule has 0 unspecified atom stereocenters. The van der Waals surface area contributed by atoms with Crippen molar-refractivity contribution in [3.05, 3.63) is 35.1 Å². The van der Waals surface area contributed by atoms with Gasteiger partial charge in [-0.2, -0.15) is 13.2 Å². The van der Waals surface area contributed by atoms with E-state index in [2.05, 4.69) is 0 Å². The fourth-order valence-electron chi connectivity index (χ4n) is 0.866. The van der Waals surface area contributed by atoms with E-state index in [1.54, 1.807) is 19.1 Å². The second-order valence-corrected chi connectivity index (χ2v) is 3.27. The molecule has 0 aliphatic carbocycles. The molecule has 0 heterocycles. The average Bonchev–Trinajstić information content (AvgIpc) is 2.12. The summed E-state index contributed by atoms with van der Waals surface area (Å²) in [5.41, 5.74) is 5.72. The molecule has 0 aliphatic heterocycles. The Balaban J connectivity index is 4.87. The van der Waals surface area contributed by atoms with Gasteiger partial charge in [0.1, 0.15) is 0 Å². The Morgan fingerprint density at radius 1 is 1.27 bits per heavy atom. The fraction of sp³-hybridized carbons (Fsp3) is 0.455. The lowest BCUT2D eigenvalue weighted by atomic mass is 10.1. The van der Waals surface area contributed by atoms with Crippen molar-refractivity contribution >= 4 is 0 Å². The van der Waals surface area contributed by atoms with Crippen molar-refractivity contribution in [3.8, 4) is 0 Å². The molecule has 0 radical (unpaired) electrons. The van der Waals surface area contributed by atoms with Gasteiger partial charge in [-0.3, -0.25) is 0 Å². The first-order chi connectivity index (χ1) is 6.79. The minimum absolute atomic E-state index is 0.362. The van der Waals surface area contributed by atoms with Gasteiger partial charge < -0.3 is 5.73 Å². The first kappa shape index (κ1) is 13.8. The third-order valence-electron chi connectivity index (χ3n) is 1.87. The van der Waals surface area contributed by atoms with Crippen LogP contribution in [0.15, 0.2) is 35.1 Å². The predicted molar refractivity (Wildman–Crippen MR) is 56.1 cm³/mol. The number of allylic oxidation sites excluding steroid dienone is 5. The van der Waals surface area contributed by atoms with Crippen molar-refractivity contribution in [1.82, 2.24) is 0 Å². The largest absolute Gasteiger partial charge is 0.412 e. The Labute approximate surface area is 88.2 Å². The normalized spacial score (nSPS) is 15.7. The van der Waals surface area contributed by atoms with Crippen LogP contribution < -0.4 is 5.73 Å². The summed E-state index contributed by atoms with van der Waals surface area (Å²) in [4.78, 5) is 0. The highest BCUT2D eigenvalue weighted by Gasteiger charge is 2.29. The van der Waals surface area contributed by atoms with Crippen LogP contribution in [0, 0.1) is 0 Å². The van der Waals surface area contributed by atoms with Gasteiger partial charge in [0.2, 0.25) is 0 Å². The molecule has 0 aromatic rings. The molecule has 0 aliphatic rings. The molecule has 0 aromatic heterocycles. The van der Waals surface area contributed by atoms with Crippen molar-refractivity contribution < 1.29 is 13.2 Å². The highest BCUT2D eigenvalue weighted by molar-refractivity contribution is 5.32. The van der Waals surface area contributed by atoms with Gasteiger partial charge in [0, 0.05) is 11.3 Å². The van der Waals surface area contributed by atoms with E-state index in [0.717, 1.165) is 19.4 Å². The first-order valence-corrected chi connectivity index (χ1v) is 4.67. The minimum atomic E-state index is -4.28. The molecule has 0 rings (SSSR count). The van der Waals surface area contributed by atoms with Gasteiger partial charge in [-0.1, -0.05) is 13.0 Å². The third-order valence-corrected chi connectivity index (χ3v) is 1.87. The molecular formula is C11H16F3N. The van der Waals surface area contributed by atoms with Gasteiger partial charge in [-0.25, -0.2) is 0 Å². The fourth-order valence-corrected chi connectivity index (χ4v) is 0.866. The lowest BCUT2D eigenvalue weighted by molar-refractivity contribution is -0.0913. The van der Waals surface area contributed by atoms with Crippen LogP contribution in [0.25, 0.3) is 0 Å². The Bertz CT molecular complexity index is 295. The maximum atomic E-state index is 12.2. The number of rotatable bonds is 3. The summed E-state index contributed by atoms with van der Waals surface area (Å²) in [6.45, 7) is 4.51. The van der Waals surface area contributed by atoms with Crippen LogP contribution in [0.2, 0.25) is 0 Å². The lowest BCUT2D eigenvalue weighted by Gasteiger charge is -2.07. The van der Waals surface area contributed by atoms with Crippen LogP contribution in [-0.4, -0.2) is 6.18 Å². The molecule has 0 bridgehead atoms. The summed E-state index contributed by atoms with van der Waals surface area (Å²) < 4.78 is 36.5. The van der Waals surface area contributed by atoms with Crippen molar-refractivity contribution in [2.45, 2.75) is 33.4 Å². The second kappa shape index (κ2) is 5.63. The van der Waals surface area contributed by atoms with Crippen molar-refractivity contribution in [2.75, 3.05) is 0 Å². The van der Waals surface area contributed by atoms with E-state index in [1.807, 2.05) is 6.92 Å². The van der Waals surface area contributed by atoms with Gasteiger partial charge in [-0.15, -0.1) is 0 Å². The van der Waals surface area contributed by atoms with Gasteiger partial charge in [0.25, 0.3) is 0 Å². The molecule has 86 valence electrons. The number of halogens is 3. The van der Waals surface area contributed by atoms with Crippen LogP contribution in [0.3, 0.4) is 0 Å². The molecule has 0 amide bonds. The van der Waals surface area contributed by atoms with Crippen molar-refractivity contribution in [2.24, 2.45) is 5.73 Å². The van der Waals surface area contributed by atoms with Crippen LogP contribution >= 0.6 is 0 Å². The standard InChI is InChI=1S/C11H16F3N/c1-4-5-6-10(15)8(2)7-9(3)11(12,13)14/h5-7H,4,15H2,1-3H3/b6-5+,9-7+,10-8+. The summed E-state index contributed by atoms with van der Waals surface area (Å²) >= 11 is 0. The molecule has 1 nitrogen and oxygen atoms in total. The SMILES string of the molecule is CC/C=C/C(N)=C(C)\C=C(/C)C(F)(F)F. The number of alkyl halides is 3. The summed E-state index contributed by atoms with van der Waals surface area (Å²) in [6.07, 6.45) is 0.992. The number of nitrogens with two attached hydrogens (primary N) is 1. The van der Waals surface area contributed by atoms with Crippen molar-refractivity contribution in [3.63, 3.8) is 0 Å². The van der Waals surface area contributed by atoms with E-state index in [4.69, 9.17) is 5.73 Å². The monoisotopic (exact) mass is 219 g/mol. The zero-order valence-corrected chi connectivity index (χ0v) is 9.15. The summed E-state index contributed by atoms with van der Waals surface area (Å²) in [5, 5.41) is 0. The molecule has 0 aromatic carbocycles. The van der Waals surface area contributed by atoms with E-state index in [1.165, 1.54) is 0 Å². The zero-order valence-electron chi connectivity index (χ0n) is 9.15. The Morgan fingerprint density at radius 3 is 2.20 bits per heavy atom. The Morgan fingerprint density at radius 2 is 1.80 bits per heavy atom. The minimum Gasteiger partial charge on any atom is -0.399 e. The van der Waals surface area contributed by atoms with E-state index in [9.17, 15) is 13.2 Å². The molecular weight excluding hydrogens is 203 g/mol. The molecule has 0 fully saturated rings. The smallest absolute Gasteiger partial charge is 0.399 e.